The number of anilines is 1. The third kappa shape index (κ3) is 2.82. The number of likely N-dealkylation sites (N-methyl/N-ethyl adjacent to an activating group) is 1. The molecule has 5 nitrogen and oxygen atoms in total. The molecule has 1 heterocycles. The predicted molar refractivity (Wildman–Crippen MR) is 76.9 cm³/mol. The lowest BCUT2D eigenvalue weighted by Gasteiger charge is -2.30. The smallest absolute Gasteiger partial charge is 0.267 e. The van der Waals surface area contributed by atoms with Gasteiger partial charge in [0.1, 0.15) is 5.75 Å². The lowest BCUT2D eigenvalue weighted by Crippen LogP contribution is -2.42. The van der Waals surface area contributed by atoms with Crippen LogP contribution in [-0.4, -0.2) is 31.5 Å². The Morgan fingerprint density at radius 2 is 2.30 bits per heavy atom. The van der Waals surface area contributed by atoms with Crippen LogP contribution in [-0.2, 0) is 16.0 Å². The molecule has 1 unspecified atom stereocenters. The van der Waals surface area contributed by atoms with Crippen molar-refractivity contribution in [2.75, 3.05) is 18.5 Å². The fraction of sp³-hybridized carbons (Fsp3) is 0.333. The van der Waals surface area contributed by atoms with Crippen LogP contribution in [0.15, 0.2) is 30.9 Å². The average Bonchev–Trinajstić information content (AvgIpc) is 2.43. The van der Waals surface area contributed by atoms with Crippen LogP contribution in [0.2, 0.25) is 0 Å². The number of fused-ring (bicyclic) bond motifs is 1. The molecule has 106 valence electrons. The number of benzene rings is 1. The zero-order chi connectivity index (χ0) is 14.7. The molecule has 0 bridgehead atoms. The summed E-state index contributed by atoms with van der Waals surface area (Å²) in [5.74, 6) is 0.490. The van der Waals surface area contributed by atoms with Gasteiger partial charge < -0.3 is 15.0 Å². The van der Waals surface area contributed by atoms with Crippen molar-refractivity contribution in [2.24, 2.45) is 0 Å². The molecule has 20 heavy (non-hydrogen) atoms. The van der Waals surface area contributed by atoms with Crippen molar-refractivity contribution < 1.29 is 14.3 Å². The highest BCUT2D eigenvalue weighted by molar-refractivity contribution is 5.99. The Labute approximate surface area is 118 Å². The van der Waals surface area contributed by atoms with E-state index < -0.39 is 6.10 Å². The maximum atomic E-state index is 11.9. The van der Waals surface area contributed by atoms with E-state index in [0.29, 0.717) is 18.0 Å². The highest BCUT2D eigenvalue weighted by Crippen LogP contribution is 2.33. The lowest BCUT2D eigenvalue weighted by molar-refractivity contribution is -0.125. The van der Waals surface area contributed by atoms with Crippen LogP contribution in [0.25, 0.3) is 0 Å². The third-order valence-corrected chi connectivity index (χ3v) is 3.18. The zero-order valence-electron chi connectivity index (χ0n) is 11.7. The van der Waals surface area contributed by atoms with E-state index >= 15 is 0 Å². The molecular formula is C15H18N2O3. The van der Waals surface area contributed by atoms with Crippen molar-refractivity contribution >= 4 is 17.5 Å². The molecule has 0 fully saturated rings. The molecule has 2 rings (SSSR count). The van der Waals surface area contributed by atoms with Crippen LogP contribution >= 0.6 is 0 Å². The number of carbonyl (C=O) groups excluding carboxylic acids is 2. The van der Waals surface area contributed by atoms with Crippen LogP contribution in [0.3, 0.4) is 0 Å². The maximum Gasteiger partial charge on any atom is 0.267 e. The minimum Gasteiger partial charge on any atom is -0.479 e. The molecule has 0 aliphatic carbocycles. The van der Waals surface area contributed by atoms with Gasteiger partial charge >= 0.3 is 0 Å². The maximum absolute atomic E-state index is 11.9. The van der Waals surface area contributed by atoms with Gasteiger partial charge in [-0.1, -0.05) is 12.1 Å². The van der Waals surface area contributed by atoms with E-state index in [9.17, 15) is 9.59 Å². The molecule has 5 heteroatoms. The molecular weight excluding hydrogens is 256 g/mol. The molecule has 1 aliphatic rings. The van der Waals surface area contributed by atoms with Crippen LogP contribution in [0.5, 0.6) is 5.75 Å². The molecule has 1 N–H and O–H groups in total. The highest BCUT2D eigenvalue weighted by Gasteiger charge is 2.28. The first-order valence-electron chi connectivity index (χ1n) is 6.47. The SMILES string of the molecule is C=CCNC(=O)Cc1ccc2c(c1)N(C)C(=O)C(C)O2. The number of carbonyl (C=O) groups is 2. The van der Waals surface area contributed by atoms with Crippen molar-refractivity contribution in [2.45, 2.75) is 19.4 Å². The molecule has 1 atom stereocenters. The summed E-state index contributed by atoms with van der Waals surface area (Å²) < 4.78 is 5.53. The number of ether oxygens (including phenoxy) is 1. The molecule has 1 aromatic rings. The van der Waals surface area contributed by atoms with E-state index in [0.717, 1.165) is 5.56 Å². The van der Waals surface area contributed by atoms with E-state index in [1.807, 2.05) is 12.1 Å². The summed E-state index contributed by atoms with van der Waals surface area (Å²) >= 11 is 0. The third-order valence-electron chi connectivity index (χ3n) is 3.18. The largest absolute Gasteiger partial charge is 0.479 e. The highest BCUT2D eigenvalue weighted by atomic mass is 16.5. The summed E-state index contributed by atoms with van der Waals surface area (Å²) in [6.07, 6.45) is 1.42. The number of rotatable bonds is 4. The molecule has 2 amide bonds. The van der Waals surface area contributed by atoms with Crippen molar-refractivity contribution in [3.63, 3.8) is 0 Å². The molecule has 1 aliphatic heterocycles. The summed E-state index contributed by atoms with van der Waals surface area (Å²) in [5, 5.41) is 2.72. The van der Waals surface area contributed by atoms with E-state index in [-0.39, 0.29) is 18.2 Å². The minimum absolute atomic E-state index is 0.0797. The van der Waals surface area contributed by atoms with E-state index in [1.165, 1.54) is 0 Å². The molecule has 0 spiro atoms. The Balaban J connectivity index is 2.17. The van der Waals surface area contributed by atoms with E-state index in [4.69, 9.17) is 4.74 Å². The molecule has 0 saturated carbocycles. The molecule has 0 radical (unpaired) electrons. The summed E-state index contributed by atoms with van der Waals surface area (Å²) in [5.41, 5.74) is 1.53. The van der Waals surface area contributed by atoms with Crippen molar-refractivity contribution in [1.29, 1.82) is 0 Å². The van der Waals surface area contributed by atoms with Gasteiger partial charge in [-0.2, -0.15) is 0 Å². The van der Waals surface area contributed by atoms with Gasteiger partial charge in [-0.3, -0.25) is 9.59 Å². The number of nitrogens with zero attached hydrogens (tertiary/aromatic N) is 1. The minimum atomic E-state index is -0.478. The van der Waals surface area contributed by atoms with Gasteiger partial charge in [-0.15, -0.1) is 6.58 Å². The van der Waals surface area contributed by atoms with Gasteiger partial charge in [0.05, 0.1) is 12.1 Å². The predicted octanol–water partition coefficient (Wildman–Crippen LogP) is 1.27. The van der Waals surface area contributed by atoms with Gasteiger partial charge in [0.25, 0.3) is 5.91 Å². The lowest BCUT2D eigenvalue weighted by atomic mass is 10.1. The normalized spacial score (nSPS) is 17.2. The first-order chi connectivity index (χ1) is 9.52. The molecule has 0 aromatic heterocycles. The van der Waals surface area contributed by atoms with Gasteiger partial charge in [0.15, 0.2) is 6.10 Å². The fourth-order valence-electron chi connectivity index (χ4n) is 2.10. The topological polar surface area (TPSA) is 58.6 Å². The average molecular weight is 274 g/mol. The zero-order valence-corrected chi connectivity index (χ0v) is 11.7. The van der Waals surface area contributed by atoms with E-state index in [1.54, 1.807) is 31.0 Å². The summed E-state index contributed by atoms with van der Waals surface area (Å²) in [7, 11) is 1.71. The van der Waals surface area contributed by atoms with Gasteiger partial charge in [-0.25, -0.2) is 0 Å². The first-order valence-corrected chi connectivity index (χ1v) is 6.47. The van der Waals surface area contributed by atoms with Crippen molar-refractivity contribution in [3.05, 3.63) is 36.4 Å². The Bertz CT molecular complexity index is 554. The van der Waals surface area contributed by atoms with Gasteiger partial charge in [0.2, 0.25) is 5.91 Å². The number of hydrogen-bond donors (Lipinski definition) is 1. The van der Waals surface area contributed by atoms with E-state index in [2.05, 4.69) is 11.9 Å². The second kappa shape index (κ2) is 5.77. The molecule has 1 aromatic carbocycles. The standard InChI is InChI=1S/C15H18N2O3/c1-4-7-16-14(18)9-11-5-6-13-12(8-11)17(3)15(19)10(2)20-13/h4-6,8,10H,1,7,9H2,2-3H3,(H,16,18). The number of nitrogens with one attached hydrogen (secondary N) is 1. The van der Waals surface area contributed by atoms with Crippen molar-refractivity contribution in [3.8, 4) is 5.75 Å². The Kier molecular flexibility index (Phi) is 4.08. The second-order valence-electron chi connectivity index (χ2n) is 4.73. The summed E-state index contributed by atoms with van der Waals surface area (Å²) in [6.45, 7) is 5.72. The van der Waals surface area contributed by atoms with Crippen LogP contribution < -0.4 is 15.0 Å². The number of amides is 2. The summed E-state index contributed by atoms with van der Waals surface area (Å²) in [6, 6.07) is 5.44. The van der Waals surface area contributed by atoms with Crippen LogP contribution in [0.4, 0.5) is 5.69 Å². The first kappa shape index (κ1) is 14.1. The fourth-order valence-corrected chi connectivity index (χ4v) is 2.10. The number of hydrogen-bond acceptors (Lipinski definition) is 3. The Morgan fingerprint density at radius 3 is 3.00 bits per heavy atom. The van der Waals surface area contributed by atoms with Gasteiger partial charge in [0, 0.05) is 13.6 Å². The van der Waals surface area contributed by atoms with Gasteiger partial charge in [-0.05, 0) is 24.6 Å². The van der Waals surface area contributed by atoms with Crippen LogP contribution in [0, 0.1) is 0 Å². The summed E-state index contributed by atoms with van der Waals surface area (Å²) in [4.78, 5) is 25.1. The molecule has 0 saturated heterocycles. The Morgan fingerprint density at radius 1 is 1.55 bits per heavy atom. The van der Waals surface area contributed by atoms with Crippen molar-refractivity contribution in [1.82, 2.24) is 5.32 Å². The monoisotopic (exact) mass is 274 g/mol. The Hall–Kier alpha value is -2.30. The van der Waals surface area contributed by atoms with Crippen LogP contribution in [0.1, 0.15) is 12.5 Å². The second-order valence-corrected chi connectivity index (χ2v) is 4.73. The quantitative estimate of drug-likeness (QED) is 0.841.